The molecule has 0 bridgehead atoms. The Bertz CT molecular complexity index is 1050. The molecule has 1 saturated carbocycles. The van der Waals surface area contributed by atoms with Crippen LogP contribution in [0.1, 0.15) is 55.3 Å². The van der Waals surface area contributed by atoms with Crippen molar-refractivity contribution in [3.8, 4) is 11.5 Å². The van der Waals surface area contributed by atoms with Crippen molar-refractivity contribution in [2.24, 2.45) is 5.73 Å². The summed E-state index contributed by atoms with van der Waals surface area (Å²) in [6.07, 6.45) is 5.18. The molecule has 4 rings (SSSR count). The monoisotopic (exact) mass is 413 g/mol. The molecule has 1 aliphatic heterocycles. The van der Waals surface area contributed by atoms with Gasteiger partial charge in [0.05, 0.1) is 19.2 Å². The molecule has 0 atom stereocenters. The molecule has 2 amide bonds. The van der Waals surface area contributed by atoms with Crippen LogP contribution in [0.15, 0.2) is 23.0 Å². The van der Waals surface area contributed by atoms with Crippen molar-refractivity contribution in [3.63, 3.8) is 0 Å². The summed E-state index contributed by atoms with van der Waals surface area (Å²) >= 11 is 0. The molecule has 160 valence electrons. The van der Waals surface area contributed by atoms with Crippen LogP contribution in [0.4, 0.5) is 0 Å². The van der Waals surface area contributed by atoms with Gasteiger partial charge in [-0.05, 0) is 50.3 Å². The number of aromatic nitrogens is 1. The maximum absolute atomic E-state index is 13.4. The molecule has 1 aliphatic carbocycles. The first kappa shape index (κ1) is 20.3. The molecule has 1 aromatic heterocycles. The van der Waals surface area contributed by atoms with Crippen molar-refractivity contribution < 1.29 is 19.1 Å². The average molecular weight is 413 g/mol. The Morgan fingerprint density at radius 2 is 1.93 bits per heavy atom. The fourth-order valence-corrected chi connectivity index (χ4v) is 4.52. The molecule has 8 heteroatoms. The summed E-state index contributed by atoms with van der Waals surface area (Å²) in [5, 5.41) is 3.48. The van der Waals surface area contributed by atoms with E-state index in [0.29, 0.717) is 48.4 Å². The van der Waals surface area contributed by atoms with Crippen LogP contribution in [0.2, 0.25) is 0 Å². The van der Waals surface area contributed by atoms with Gasteiger partial charge in [0.2, 0.25) is 5.91 Å². The molecule has 0 unspecified atom stereocenters. The van der Waals surface area contributed by atoms with E-state index in [2.05, 4.69) is 5.32 Å². The quantitative estimate of drug-likeness (QED) is 0.797. The molecule has 1 fully saturated rings. The number of rotatable bonds is 4. The summed E-state index contributed by atoms with van der Waals surface area (Å²) in [5.41, 5.74) is 4.74. The summed E-state index contributed by atoms with van der Waals surface area (Å²) in [4.78, 5) is 38.5. The Hall–Kier alpha value is -3.03. The van der Waals surface area contributed by atoms with E-state index in [1.54, 1.807) is 23.8 Å². The third-order valence-electron chi connectivity index (χ3n) is 6.19. The average Bonchev–Trinajstić information content (AvgIpc) is 3.23. The lowest BCUT2D eigenvalue weighted by Crippen LogP contribution is -2.56. The minimum Gasteiger partial charge on any atom is -0.493 e. The minimum absolute atomic E-state index is 0.00499. The number of aryl methyl sites for hydroxylation is 1. The Labute approximate surface area is 174 Å². The van der Waals surface area contributed by atoms with E-state index in [1.807, 2.05) is 6.07 Å². The van der Waals surface area contributed by atoms with Crippen molar-refractivity contribution >= 4 is 22.7 Å². The molecule has 0 spiro atoms. The predicted molar refractivity (Wildman–Crippen MR) is 112 cm³/mol. The molecule has 2 aromatic rings. The molecule has 30 heavy (non-hydrogen) atoms. The maximum Gasteiger partial charge on any atom is 0.264 e. The van der Waals surface area contributed by atoms with Crippen LogP contribution in [0.3, 0.4) is 0 Å². The van der Waals surface area contributed by atoms with Gasteiger partial charge in [0.1, 0.15) is 11.1 Å². The minimum atomic E-state index is -1.08. The lowest BCUT2D eigenvalue weighted by atomic mass is 9.96. The predicted octanol–water partition coefficient (Wildman–Crippen LogP) is 2.10. The van der Waals surface area contributed by atoms with Gasteiger partial charge < -0.3 is 25.1 Å². The molecule has 2 aliphatic rings. The lowest BCUT2D eigenvalue weighted by Gasteiger charge is -2.26. The zero-order valence-corrected chi connectivity index (χ0v) is 17.2. The van der Waals surface area contributed by atoms with Gasteiger partial charge in [0, 0.05) is 11.9 Å². The number of nitrogens with zero attached hydrogens (tertiary/aromatic N) is 1. The number of benzene rings is 1. The van der Waals surface area contributed by atoms with Crippen LogP contribution in [-0.4, -0.2) is 35.6 Å². The number of nitrogens with two attached hydrogens (primary N) is 1. The number of carbonyl (C=O) groups excluding carboxylic acids is 2. The highest BCUT2D eigenvalue weighted by Crippen LogP contribution is 2.36. The van der Waals surface area contributed by atoms with Gasteiger partial charge in [0.15, 0.2) is 11.5 Å². The van der Waals surface area contributed by atoms with Crippen LogP contribution >= 0.6 is 0 Å². The van der Waals surface area contributed by atoms with Crippen LogP contribution in [-0.2, 0) is 11.3 Å². The van der Waals surface area contributed by atoms with Crippen LogP contribution in [0.25, 0.3) is 10.9 Å². The van der Waals surface area contributed by atoms with Gasteiger partial charge >= 0.3 is 0 Å². The summed E-state index contributed by atoms with van der Waals surface area (Å²) in [6, 6.07) is 5.15. The molecule has 0 saturated heterocycles. The van der Waals surface area contributed by atoms with Crippen LogP contribution < -0.4 is 26.1 Å². The normalized spacial score (nSPS) is 18.0. The van der Waals surface area contributed by atoms with Crippen molar-refractivity contribution in [2.75, 3.05) is 13.7 Å². The molecule has 3 N–H and O–H groups in total. The maximum atomic E-state index is 13.4. The Morgan fingerprint density at radius 1 is 1.17 bits per heavy atom. The number of primary amides is 1. The second kappa shape index (κ2) is 8.01. The molecule has 1 aromatic carbocycles. The number of amides is 2. The fraction of sp³-hybridized carbons (Fsp3) is 0.500. The number of hydrogen-bond acceptors (Lipinski definition) is 5. The number of ether oxygens (including phenoxy) is 2. The fourth-order valence-electron chi connectivity index (χ4n) is 4.52. The second-order valence-electron chi connectivity index (χ2n) is 8.07. The van der Waals surface area contributed by atoms with Gasteiger partial charge in [0.25, 0.3) is 11.5 Å². The van der Waals surface area contributed by atoms with E-state index < -0.39 is 22.9 Å². The summed E-state index contributed by atoms with van der Waals surface area (Å²) < 4.78 is 13.0. The summed E-state index contributed by atoms with van der Waals surface area (Å²) in [6.45, 7) is 1.01. The van der Waals surface area contributed by atoms with E-state index in [9.17, 15) is 14.4 Å². The van der Waals surface area contributed by atoms with Crippen molar-refractivity contribution in [2.45, 2.75) is 57.0 Å². The number of methoxy groups -OCH3 is 1. The first-order valence-electron chi connectivity index (χ1n) is 10.5. The first-order valence-corrected chi connectivity index (χ1v) is 10.5. The van der Waals surface area contributed by atoms with Crippen LogP contribution in [0, 0.1) is 0 Å². The highest BCUT2D eigenvalue weighted by molar-refractivity contribution is 6.01. The topological polar surface area (TPSA) is 113 Å². The van der Waals surface area contributed by atoms with Crippen molar-refractivity contribution in [1.82, 2.24) is 9.88 Å². The first-order chi connectivity index (χ1) is 14.5. The Kier molecular flexibility index (Phi) is 5.40. The van der Waals surface area contributed by atoms with Crippen molar-refractivity contribution in [3.05, 3.63) is 34.1 Å². The zero-order chi connectivity index (χ0) is 21.3. The van der Waals surface area contributed by atoms with Gasteiger partial charge in [-0.25, -0.2) is 0 Å². The Balaban J connectivity index is 1.85. The van der Waals surface area contributed by atoms with Gasteiger partial charge in [-0.1, -0.05) is 12.8 Å². The van der Waals surface area contributed by atoms with E-state index in [1.165, 1.54) is 0 Å². The lowest BCUT2D eigenvalue weighted by molar-refractivity contribution is -0.123. The van der Waals surface area contributed by atoms with E-state index in [0.717, 1.165) is 32.1 Å². The Morgan fingerprint density at radius 3 is 2.63 bits per heavy atom. The SMILES string of the molecule is COc1ccc2cc(C(=O)NC3(C(N)=O)CCCC3)c(=O)n3c2c1OCCCCC3. The summed E-state index contributed by atoms with van der Waals surface area (Å²) in [7, 11) is 1.56. The number of hydrogen-bond donors (Lipinski definition) is 2. The highest BCUT2D eigenvalue weighted by atomic mass is 16.5. The number of pyridine rings is 1. The number of carbonyl (C=O) groups is 2. The molecule has 8 nitrogen and oxygen atoms in total. The van der Waals surface area contributed by atoms with Gasteiger partial charge in [-0.15, -0.1) is 0 Å². The second-order valence-corrected chi connectivity index (χ2v) is 8.07. The van der Waals surface area contributed by atoms with Gasteiger partial charge in [-0.2, -0.15) is 0 Å². The third kappa shape index (κ3) is 3.40. The smallest absolute Gasteiger partial charge is 0.264 e. The molecular formula is C22H27N3O5. The van der Waals surface area contributed by atoms with E-state index in [-0.39, 0.29) is 5.56 Å². The molecule has 0 radical (unpaired) electrons. The van der Waals surface area contributed by atoms with E-state index in [4.69, 9.17) is 15.2 Å². The van der Waals surface area contributed by atoms with Crippen LogP contribution in [0.5, 0.6) is 11.5 Å². The molecular weight excluding hydrogens is 386 g/mol. The number of nitrogens with one attached hydrogen (secondary N) is 1. The highest BCUT2D eigenvalue weighted by Gasteiger charge is 2.41. The third-order valence-corrected chi connectivity index (χ3v) is 6.19. The standard InChI is InChI=1S/C22H27N3O5/c1-29-16-8-7-14-13-15(19(26)24-22(21(23)28)9-3-4-10-22)20(27)25-11-5-2-6-12-30-18(16)17(14)25/h7-8,13H,2-6,9-12H2,1H3,(H2,23,28)(H,24,26). The van der Waals surface area contributed by atoms with Crippen molar-refractivity contribution in [1.29, 1.82) is 0 Å². The largest absolute Gasteiger partial charge is 0.493 e. The van der Waals surface area contributed by atoms with Gasteiger partial charge in [-0.3, -0.25) is 14.4 Å². The zero-order valence-electron chi connectivity index (χ0n) is 17.2. The summed E-state index contributed by atoms with van der Waals surface area (Å²) in [5.74, 6) is -0.0518. The molecule has 2 heterocycles. The van der Waals surface area contributed by atoms with E-state index >= 15 is 0 Å².